The van der Waals surface area contributed by atoms with Crippen LogP contribution in [0.2, 0.25) is 0 Å². The molecule has 1 N–H and O–H groups in total. The van der Waals surface area contributed by atoms with Crippen LogP contribution in [0.1, 0.15) is 33.6 Å². The van der Waals surface area contributed by atoms with E-state index in [0.717, 1.165) is 42.9 Å². The van der Waals surface area contributed by atoms with Crippen molar-refractivity contribution in [3.63, 3.8) is 0 Å². The minimum atomic E-state index is -0.482. The molecule has 0 radical (unpaired) electrons. The number of carbonyl (C=O) groups is 2. The van der Waals surface area contributed by atoms with Gasteiger partial charge in [-0.1, -0.05) is 13.3 Å². The molecule has 0 aliphatic carbocycles. The van der Waals surface area contributed by atoms with Crippen molar-refractivity contribution in [3.8, 4) is 17.0 Å². The molecule has 3 rings (SSSR count). The van der Waals surface area contributed by atoms with E-state index < -0.39 is 6.04 Å². The first-order chi connectivity index (χ1) is 13.4. The molecule has 1 aromatic heterocycles. The van der Waals surface area contributed by atoms with Crippen LogP contribution in [0.15, 0.2) is 29.6 Å². The van der Waals surface area contributed by atoms with Crippen LogP contribution in [0.25, 0.3) is 11.3 Å². The molecular formula is C20H25N3O3S2. The fourth-order valence-corrected chi connectivity index (χ4v) is 4.84. The van der Waals surface area contributed by atoms with Gasteiger partial charge in [0.05, 0.1) is 17.2 Å². The zero-order valence-corrected chi connectivity index (χ0v) is 17.9. The molecular weight excluding hydrogens is 394 g/mol. The van der Waals surface area contributed by atoms with Crippen molar-refractivity contribution in [2.24, 2.45) is 0 Å². The summed E-state index contributed by atoms with van der Waals surface area (Å²) in [6.45, 7) is 6.73. The van der Waals surface area contributed by atoms with E-state index in [9.17, 15) is 9.59 Å². The number of benzene rings is 1. The molecule has 2 aromatic rings. The van der Waals surface area contributed by atoms with E-state index in [0.29, 0.717) is 10.9 Å². The fourth-order valence-electron chi connectivity index (χ4n) is 2.92. The number of hydrogen-bond donors (Lipinski definition) is 1. The Morgan fingerprint density at radius 2 is 2.14 bits per heavy atom. The molecule has 1 aliphatic rings. The molecule has 0 spiro atoms. The Bertz CT molecular complexity index is 820. The molecule has 1 fully saturated rings. The van der Waals surface area contributed by atoms with Gasteiger partial charge in [0.1, 0.15) is 11.8 Å². The van der Waals surface area contributed by atoms with Crippen molar-refractivity contribution in [3.05, 3.63) is 29.6 Å². The number of hydrogen-bond acceptors (Lipinski definition) is 6. The van der Waals surface area contributed by atoms with Crippen LogP contribution in [0.3, 0.4) is 0 Å². The van der Waals surface area contributed by atoms with Gasteiger partial charge in [-0.3, -0.25) is 9.59 Å². The van der Waals surface area contributed by atoms with Crippen molar-refractivity contribution in [2.75, 3.05) is 17.7 Å². The monoisotopic (exact) mass is 419 g/mol. The summed E-state index contributed by atoms with van der Waals surface area (Å²) < 4.78 is 5.68. The molecule has 1 atom stereocenters. The minimum Gasteiger partial charge on any atom is -0.494 e. The SMILES string of the molecule is CCCCOc1ccc(-c2csc(NC(=O)C3CSC(C)(C)N3C=O)n2)cc1. The molecule has 1 unspecified atom stereocenters. The van der Waals surface area contributed by atoms with Crippen LogP contribution in [-0.4, -0.2) is 45.5 Å². The number of carbonyl (C=O) groups excluding carboxylic acids is 2. The first-order valence-corrected chi connectivity index (χ1v) is 11.2. The number of anilines is 1. The highest BCUT2D eigenvalue weighted by molar-refractivity contribution is 8.00. The van der Waals surface area contributed by atoms with Gasteiger partial charge in [0.15, 0.2) is 5.13 Å². The first kappa shape index (κ1) is 20.7. The Kier molecular flexibility index (Phi) is 6.61. The topological polar surface area (TPSA) is 71.5 Å². The number of nitrogens with one attached hydrogen (secondary N) is 1. The lowest BCUT2D eigenvalue weighted by Crippen LogP contribution is -2.47. The number of unbranched alkanes of at least 4 members (excludes halogenated alkanes) is 1. The van der Waals surface area contributed by atoms with Gasteiger partial charge in [-0.25, -0.2) is 4.98 Å². The molecule has 150 valence electrons. The van der Waals surface area contributed by atoms with Crippen LogP contribution >= 0.6 is 23.1 Å². The van der Waals surface area contributed by atoms with E-state index in [-0.39, 0.29) is 10.8 Å². The van der Waals surface area contributed by atoms with Crippen LogP contribution in [0, 0.1) is 0 Å². The molecule has 0 saturated carbocycles. The largest absolute Gasteiger partial charge is 0.494 e. The number of ether oxygens (including phenoxy) is 1. The van der Waals surface area contributed by atoms with Gasteiger partial charge in [-0.2, -0.15) is 0 Å². The predicted octanol–water partition coefficient (Wildman–Crippen LogP) is 4.24. The molecule has 1 saturated heterocycles. The zero-order chi connectivity index (χ0) is 20.1. The van der Waals surface area contributed by atoms with Crippen molar-refractivity contribution in [2.45, 2.75) is 44.5 Å². The maximum absolute atomic E-state index is 12.6. The van der Waals surface area contributed by atoms with Crippen molar-refractivity contribution >= 4 is 40.5 Å². The molecule has 6 nitrogen and oxygen atoms in total. The standard InChI is InChI=1S/C20H25N3O3S2/c1-4-5-10-26-15-8-6-14(7-9-15)16-11-27-19(21-16)22-18(25)17-12-28-20(2,3)23(17)13-24/h6-9,11,13,17H,4-5,10,12H2,1-3H3,(H,21,22,25). The molecule has 1 aromatic carbocycles. The van der Waals surface area contributed by atoms with Gasteiger partial charge >= 0.3 is 0 Å². The van der Waals surface area contributed by atoms with E-state index in [1.54, 1.807) is 16.7 Å². The van der Waals surface area contributed by atoms with Gasteiger partial charge in [0.2, 0.25) is 12.3 Å². The number of nitrogens with zero attached hydrogens (tertiary/aromatic N) is 2. The third-order valence-electron chi connectivity index (χ3n) is 4.62. The van der Waals surface area contributed by atoms with Crippen LogP contribution in [-0.2, 0) is 9.59 Å². The smallest absolute Gasteiger partial charge is 0.249 e. The van der Waals surface area contributed by atoms with Gasteiger partial charge in [-0.05, 0) is 44.5 Å². The Balaban J connectivity index is 1.62. The normalized spacial score (nSPS) is 18.1. The van der Waals surface area contributed by atoms with Crippen molar-refractivity contribution < 1.29 is 14.3 Å². The van der Waals surface area contributed by atoms with Gasteiger partial charge in [-0.15, -0.1) is 23.1 Å². The second kappa shape index (κ2) is 8.96. The Hall–Kier alpha value is -2.06. The average molecular weight is 420 g/mol. The van der Waals surface area contributed by atoms with E-state index in [2.05, 4.69) is 17.2 Å². The first-order valence-electron chi connectivity index (χ1n) is 9.32. The number of thiazole rings is 1. The number of rotatable bonds is 8. The van der Waals surface area contributed by atoms with Crippen LogP contribution in [0.5, 0.6) is 5.75 Å². The fraction of sp³-hybridized carbons (Fsp3) is 0.450. The summed E-state index contributed by atoms with van der Waals surface area (Å²) in [5.74, 6) is 1.22. The summed E-state index contributed by atoms with van der Waals surface area (Å²) in [7, 11) is 0. The second-order valence-corrected chi connectivity index (χ2v) is 9.52. The van der Waals surface area contributed by atoms with E-state index in [1.165, 1.54) is 11.3 Å². The summed E-state index contributed by atoms with van der Waals surface area (Å²) in [4.78, 5) is 29.7. The maximum Gasteiger partial charge on any atom is 0.249 e. The van der Waals surface area contributed by atoms with Crippen molar-refractivity contribution in [1.29, 1.82) is 0 Å². The van der Waals surface area contributed by atoms with Gasteiger partial charge < -0.3 is 15.0 Å². The van der Waals surface area contributed by atoms with Gasteiger partial charge in [0.25, 0.3) is 0 Å². The Morgan fingerprint density at radius 1 is 1.39 bits per heavy atom. The molecule has 2 heterocycles. The summed E-state index contributed by atoms with van der Waals surface area (Å²) in [6, 6.07) is 7.31. The summed E-state index contributed by atoms with van der Waals surface area (Å²) in [6.07, 6.45) is 2.89. The second-order valence-electron chi connectivity index (χ2n) is 7.04. The van der Waals surface area contributed by atoms with Gasteiger partial charge in [0, 0.05) is 16.7 Å². The summed E-state index contributed by atoms with van der Waals surface area (Å²) >= 11 is 2.97. The highest BCUT2D eigenvalue weighted by Gasteiger charge is 2.43. The molecule has 0 bridgehead atoms. The van der Waals surface area contributed by atoms with E-state index in [1.807, 2.05) is 43.5 Å². The number of thioether (sulfide) groups is 1. The Morgan fingerprint density at radius 3 is 2.82 bits per heavy atom. The van der Waals surface area contributed by atoms with E-state index in [4.69, 9.17) is 4.74 Å². The molecule has 1 aliphatic heterocycles. The quantitative estimate of drug-likeness (QED) is 0.512. The zero-order valence-electron chi connectivity index (χ0n) is 16.3. The third-order valence-corrected chi connectivity index (χ3v) is 6.78. The number of aromatic nitrogens is 1. The lowest BCUT2D eigenvalue weighted by atomic mass is 10.2. The number of amides is 2. The Labute approximate surface area is 173 Å². The lowest BCUT2D eigenvalue weighted by Gasteiger charge is -2.29. The van der Waals surface area contributed by atoms with Crippen molar-refractivity contribution in [1.82, 2.24) is 9.88 Å². The third kappa shape index (κ3) is 4.67. The highest BCUT2D eigenvalue weighted by Crippen LogP contribution is 2.38. The molecule has 2 amide bonds. The minimum absolute atomic E-state index is 0.203. The lowest BCUT2D eigenvalue weighted by molar-refractivity contribution is -0.130. The summed E-state index contributed by atoms with van der Waals surface area (Å²) in [5.41, 5.74) is 1.76. The summed E-state index contributed by atoms with van der Waals surface area (Å²) in [5, 5.41) is 5.29. The van der Waals surface area contributed by atoms with Crippen LogP contribution in [0.4, 0.5) is 5.13 Å². The highest BCUT2D eigenvalue weighted by atomic mass is 32.2. The van der Waals surface area contributed by atoms with Crippen LogP contribution < -0.4 is 10.1 Å². The molecule has 28 heavy (non-hydrogen) atoms. The maximum atomic E-state index is 12.6. The average Bonchev–Trinajstić information content (AvgIpc) is 3.26. The van der Waals surface area contributed by atoms with E-state index >= 15 is 0 Å². The predicted molar refractivity (Wildman–Crippen MR) is 115 cm³/mol. The molecule has 8 heteroatoms.